The number of nitrogens with zero attached hydrogens (tertiary/aromatic N) is 1. The molecule has 2 fully saturated rings. The van der Waals surface area contributed by atoms with Crippen molar-refractivity contribution in [1.82, 2.24) is 4.90 Å². The van der Waals surface area contributed by atoms with Crippen molar-refractivity contribution >= 4 is 5.91 Å². The zero-order chi connectivity index (χ0) is 8.60. The molecule has 0 atom stereocenters. The van der Waals surface area contributed by atoms with Gasteiger partial charge in [0, 0.05) is 32.0 Å². The maximum Gasteiger partial charge on any atom is 0.219 e. The van der Waals surface area contributed by atoms with Crippen LogP contribution in [0.1, 0.15) is 19.8 Å². The highest BCUT2D eigenvalue weighted by molar-refractivity contribution is 5.74. The van der Waals surface area contributed by atoms with Crippen LogP contribution in [0.3, 0.4) is 0 Å². The third-order valence-electron chi connectivity index (χ3n) is 2.90. The molecule has 2 rings (SSSR count). The molecule has 0 saturated carbocycles. The first-order valence-electron chi connectivity index (χ1n) is 4.55. The van der Waals surface area contributed by atoms with Crippen LogP contribution in [0.25, 0.3) is 0 Å². The second kappa shape index (κ2) is 2.73. The Hall–Kier alpha value is -0.570. The average molecular weight is 169 g/mol. The van der Waals surface area contributed by atoms with Crippen LogP contribution >= 0.6 is 0 Å². The topological polar surface area (TPSA) is 29.5 Å². The van der Waals surface area contributed by atoms with E-state index in [4.69, 9.17) is 4.74 Å². The van der Waals surface area contributed by atoms with E-state index in [1.54, 1.807) is 6.92 Å². The van der Waals surface area contributed by atoms with Gasteiger partial charge in [0.2, 0.25) is 5.91 Å². The van der Waals surface area contributed by atoms with Crippen molar-refractivity contribution in [2.45, 2.75) is 19.8 Å². The van der Waals surface area contributed by atoms with Gasteiger partial charge in [0.25, 0.3) is 0 Å². The highest BCUT2D eigenvalue weighted by Crippen LogP contribution is 2.37. The van der Waals surface area contributed by atoms with Crippen LogP contribution in [0, 0.1) is 5.41 Å². The minimum Gasteiger partial charge on any atom is -0.381 e. The van der Waals surface area contributed by atoms with Crippen molar-refractivity contribution in [2.24, 2.45) is 5.41 Å². The highest BCUT2D eigenvalue weighted by Gasteiger charge is 2.45. The first kappa shape index (κ1) is 8.05. The summed E-state index contributed by atoms with van der Waals surface area (Å²) >= 11 is 0. The van der Waals surface area contributed by atoms with Crippen molar-refractivity contribution in [1.29, 1.82) is 0 Å². The largest absolute Gasteiger partial charge is 0.381 e. The summed E-state index contributed by atoms with van der Waals surface area (Å²) in [5.41, 5.74) is 0.337. The summed E-state index contributed by atoms with van der Waals surface area (Å²) in [6.45, 7) is 5.24. The van der Waals surface area contributed by atoms with Gasteiger partial charge < -0.3 is 9.64 Å². The molecule has 1 amide bonds. The molecule has 3 nitrogen and oxygen atoms in total. The summed E-state index contributed by atoms with van der Waals surface area (Å²) < 4.78 is 5.42. The quantitative estimate of drug-likeness (QED) is 0.532. The smallest absolute Gasteiger partial charge is 0.219 e. The molecule has 0 aromatic heterocycles. The molecule has 2 aliphatic heterocycles. The van der Waals surface area contributed by atoms with E-state index in [2.05, 4.69) is 0 Å². The van der Waals surface area contributed by atoms with E-state index >= 15 is 0 Å². The molecule has 0 aliphatic carbocycles. The Balaban J connectivity index is 1.88. The predicted octanol–water partition coefficient (Wildman–Crippen LogP) is 0.645. The van der Waals surface area contributed by atoms with E-state index in [-0.39, 0.29) is 5.91 Å². The van der Waals surface area contributed by atoms with E-state index in [0.717, 1.165) is 32.7 Å². The predicted molar refractivity (Wildman–Crippen MR) is 44.7 cm³/mol. The van der Waals surface area contributed by atoms with E-state index < -0.39 is 0 Å². The van der Waals surface area contributed by atoms with Crippen LogP contribution in [0.4, 0.5) is 0 Å². The summed E-state index contributed by atoms with van der Waals surface area (Å²) in [6, 6.07) is 0. The number of carbonyl (C=O) groups excluding carboxylic acids is 1. The van der Waals surface area contributed by atoms with E-state index in [1.165, 1.54) is 6.42 Å². The minimum absolute atomic E-state index is 0.200. The van der Waals surface area contributed by atoms with Gasteiger partial charge in [-0.05, 0) is 12.8 Å². The second-order valence-electron chi connectivity index (χ2n) is 4.03. The lowest BCUT2D eigenvalue weighted by atomic mass is 9.75. The molecule has 0 bridgehead atoms. The van der Waals surface area contributed by atoms with Gasteiger partial charge in [-0.3, -0.25) is 4.79 Å². The zero-order valence-electron chi connectivity index (χ0n) is 7.51. The van der Waals surface area contributed by atoms with Gasteiger partial charge in [0.15, 0.2) is 0 Å². The van der Waals surface area contributed by atoms with Gasteiger partial charge in [0.1, 0.15) is 0 Å². The monoisotopic (exact) mass is 169 g/mol. The summed E-state index contributed by atoms with van der Waals surface area (Å²) in [7, 11) is 0. The van der Waals surface area contributed by atoms with Gasteiger partial charge in [-0.25, -0.2) is 0 Å². The molecule has 0 aromatic rings. The van der Waals surface area contributed by atoms with Crippen LogP contribution in [-0.4, -0.2) is 37.1 Å². The molecule has 2 heterocycles. The van der Waals surface area contributed by atoms with Crippen molar-refractivity contribution in [3.8, 4) is 0 Å². The highest BCUT2D eigenvalue weighted by atomic mass is 16.5. The first-order valence-corrected chi connectivity index (χ1v) is 4.55. The number of carbonyl (C=O) groups is 1. The molecule has 0 aromatic carbocycles. The summed E-state index contributed by atoms with van der Waals surface area (Å²) in [6.07, 6.45) is 2.39. The fourth-order valence-corrected chi connectivity index (χ4v) is 2.15. The Morgan fingerprint density at radius 1 is 1.50 bits per heavy atom. The van der Waals surface area contributed by atoms with E-state index in [0.29, 0.717) is 5.41 Å². The number of amides is 1. The maximum atomic E-state index is 10.9. The number of likely N-dealkylation sites (tertiary alicyclic amines) is 1. The normalized spacial score (nSPS) is 26.9. The number of hydrogen-bond donors (Lipinski definition) is 0. The molecule has 12 heavy (non-hydrogen) atoms. The van der Waals surface area contributed by atoms with Gasteiger partial charge in [0.05, 0.1) is 6.61 Å². The van der Waals surface area contributed by atoms with Gasteiger partial charge >= 0.3 is 0 Å². The number of rotatable bonds is 0. The Morgan fingerprint density at radius 3 is 2.75 bits per heavy atom. The van der Waals surface area contributed by atoms with E-state index in [1.807, 2.05) is 4.90 Å². The molecule has 0 N–H and O–H groups in total. The molecule has 0 unspecified atom stereocenters. The average Bonchev–Trinajstić information content (AvgIpc) is 2.01. The van der Waals surface area contributed by atoms with Gasteiger partial charge in [-0.1, -0.05) is 0 Å². The Morgan fingerprint density at radius 2 is 2.25 bits per heavy atom. The van der Waals surface area contributed by atoms with Crippen LogP contribution in [0.2, 0.25) is 0 Å². The molecule has 1 spiro atoms. The lowest BCUT2D eigenvalue weighted by Crippen LogP contribution is -2.61. The fraction of sp³-hybridized carbons (Fsp3) is 0.889. The SMILES string of the molecule is CC(=O)N1CC2(CCCOC2)C1. The van der Waals surface area contributed by atoms with Crippen LogP contribution in [0.5, 0.6) is 0 Å². The standard InChI is InChI=1S/C9H15NO2/c1-8(11)10-5-9(6-10)3-2-4-12-7-9/h2-7H2,1H3. The van der Waals surface area contributed by atoms with Gasteiger partial charge in [-0.15, -0.1) is 0 Å². The molecule has 2 aliphatic rings. The number of hydrogen-bond acceptors (Lipinski definition) is 2. The Kier molecular flexibility index (Phi) is 1.83. The van der Waals surface area contributed by atoms with Crippen LogP contribution < -0.4 is 0 Å². The van der Waals surface area contributed by atoms with Crippen LogP contribution in [0.15, 0.2) is 0 Å². The van der Waals surface area contributed by atoms with Crippen molar-refractivity contribution in [3.63, 3.8) is 0 Å². The summed E-state index contributed by atoms with van der Waals surface area (Å²) in [5, 5.41) is 0. The Bertz CT molecular complexity index is 189. The third-order valence-corrected chi connectivity index (χ3v) is 2.90. The first-order chi connectivity index (χ1) is 5.72. The van der Waals surface area contributed by atoms with Crippen molar-refractivity contribution < 1.29 is 9.53 Å². The third kappa shape index (κ3) is 1.22. The van der Waals surface area contributed by atoms with Gasteiger partial charge in [-0.2, -0.15) is 0 Å². The van der Waals surface area contributed by atoms with E-state index in [9.17, 15) is 4.79 Å². The summed E-state index contributed by atoms with van der Waals surface area (Å²) in [4.78, 5) is 12.8. The zero-order valence-corrected chi connectivity index (χ0v) is 7.51. The maximum absolute atomic E-state index is 10.9. The van der Waals surface area contributed by atoms with Crippen LogP contribution in [-0.2, 0) is 9.53 Å². The second-order valence-corrected chi connectivity index (χ2v) is 4.03. The molecular formula is C9H15NO2. The summed E-state index contributed by atoms with van der Waals surface area (Å²) in [5.74, 6) is 0.200. The molecule has 68 valence electrons. The molecule has 0 radical (unpaired) electrons. The fourth-order valence-electron chi connectivity index (χ4n) is 2.15. The lowest BCUT2D eigenvalue weighted by Gasteiger charge is -2.51. The molecule has 3 heteroatoms. The molecular weight excluding hydrogens is 154 g/mol. The molecule has 2 saturated heterocycles. The van der Waals surface area contributed by atoms with Crippen molar-refractivity contribution in [2.75, 3.05) is 26.3 Å². The van der Waals surface area contributed by atoms with Crippen molar-refractivity contribution in [3.05, 3.63) is 0 Å². The Labute approximate surface area is 72.7 Å². The minimum atomic E-state index is 0.200. The number of ether oxygens (including phenoxy) is 1. The lowest BCUT2D eigenvalue weighted by molar-refractivity contribution is -0.151.